The van der Waals surface area contributed by atoms with Gasteiger partial charge in [0.2, 0.25) is 0 Å². The number of rotatable bonds is 5. The van der Waals surface area contributed by atoms with Crippen molar-refractivity contribution >= 4 is 20.7 Å². The third-order valence-electron chi connectivity index (χ3n) is 4.54. The summed E-state index contributed by atoms with van der Waals surface area (Å²) in [6, 6.07) is 8.09. The zero-order chi connectivity index (χ0) is 16.5. The molecule has 1 aromatic heterocycles. The van der Waals surface area contributed by atoms with Crippen LogP contribution in [0.2, 0.25) is 0 Å². The minimum Gasteiger partial charge on any atom is -0.388 e. The van der Waals surface area contributed by atoms with Crippen molar-refractivity contribution in [2.45, 2.75) is 38.5 Å². The lowest BCUT2D eigenvalue weighted by Crippen LogP contribution is -2.46. The van der Waals surface area contributed by atoms with E-state index in [9.17, 15) is 13.5 Å². The Morgan fingerprint density at radius 1 is 1.30 bits per heavy atom. The van der Waals surface area contributed by atoms with Crippen LogP contribution in [0.4, 0.5) is 0 Å². The van der Waals surface area contributed by atoms with Crippen molar-refractivity contribution in [3.63, 3.8) is 0 Å². The maximum atomic E-state index is 11.5. The predicted octanol–water partition coefficient (Wildman–Crippen LogP) is 1.09. The maximum Gasteiger partial charge on any atom is 0.150 e. The van der Waals surface area contributed by atoms with Crippen molar-refractivity contribution in [2.24, 2.45) is 0 Å². The first kappa shape index (κ1) is 16.4. The molecule has 0 aliphatic carbocycles. The van der Waals surface area contributed by atoms with E-state index in [0.29, 0.717) is 25.9 Å². The van der Waals surface area contributed by atoms with Crippen LogP contribution in [-0.4, -0.2) is 47.0 Å². The number of aryl methyl sites for hydroxylation is 1. The summed E-state index contributed by atoms with van der Waals surface area (Å²) in [4.78, 5) is 0. The van der Waals surface area contributed by atoms with Crippen LogP contribution < -0.4 is 5.32 Å². The van der Waals surface area contributed by atoms with Crippen LogP contribution in [0.25, 0.3) is 10.9 Å². The molecule has 0 saturated carbocycles. The molecular weight excluding hydrogens is 314 g/mol. The molecule has 0 amide bonds. The van der Waals surface area contributed by atoms with E-state index in [4.69, 9.17) is 0 Å². The van der Waals surface area contributed by atoms with E-state index in [1.54, 1.807) is 0 Å². The number of sulfone groups is 1. The summed E-state index contributed by atoms with van der Waals surface area (Å²) < 4.78 is 24.9. The van der Waals surface area contributed by atoms with Gasteiger partial charge in [-0.3, -0.25) is 4.68 Å². The molecule has 6 nitrogen and oxygen atoms in total. The standard InChI is InChI=1S/C16H23N3O3S/c1-2-19-15-6-4-3-5-13(15)14(18-19)11-17-12-16(20)7-9-23(21,22)10-8-16/h3-6,17,20H,2,7-12H2,1H3. The molecule has 2 heterocycles. The van der Waals surface area contributed by atoms with Crippen molar-refractivity contribution in [3.8, 4) is 0 Å². The molecule has 1 aliphatic rings. The molecule has 2 N–H and O–H groups in total. The number of aliphatic hydroxyl groups is 1. The molecular formula is C16H23N3O3S. The fourth-order valence-electron chi connectivity index (χ4n) is 3.08. The third kappa shape index (κ3) is 3.57. The molecule has 1 aromatic carbocycles. The Labute approximate surface area is 136 Å². The number of benzene rings is 1. The molecule has 0 unspecified atom stereocenters. The van der Waals surface area contributed by atoms with Crippen molar-refractivity contribution in [1.82, 2.24) is 15.1 Å². The number of hydrogen-bond acceptors (Lipinski definition) is 5. The first-order valence-corrected chi connectivity index (χ1v) is 9.82. The highest BCUT2D eigenvalue weighted by atomic mass is 32.2. The lowest BCUT2D eigenvalue weighted by molar-refractivity contribution is 0.0303. The molecule has 0 radical (unpaired) electrons. The van der Waals surface area contributed by atoms with Gasteiger partial charge >= 0.3 is 0 Å². The van der Waals surface area contributed by atoms with Crippen LogP contribution in [0, 0.1) is 0 Å². The summed E-state index contributed by atoms with van der Waals surface area (Å²) in [6.07, 6.45) is 0.596. The second-order valence-electron chi connectivity index (χ2n) is 6.26. The molecule has 2 aromatic rings. The molecule has 3 rings (SSSR count). The molecule has 0 bridgehead atoms. The van der Waals surface area contributed by atoms with Crippen molar-refractivity contribution in [2.75, 3.05) is 18.1 Å². The second-order valence-corrected chi connectivity index (χ2v) is 8.56. The Morgan fingerprint density at radius 2 is 2.00 bits per heavy atom. The largest absolute Gasteiger partial charge is 0.388 e. The lowest BCUT2D eigenvalue weighted by atomic mass is 9.97. The topological polar surface area (TPSA) is 84.2 Å². The molecule has 1 saturated heterocycles. The summed E-state index contributed by atoms with van der Waals surface area (Å²) in [5, 5.41) is 19.5. The number of para-hydroxylation sites is 1. The van der Waals surface area contributed by atoms with Crippen molar-refractivity contribution in [3.05, 3.63) is 30.0 Å². The normalized spacial score (nSPS) is 19.9. The number of nitrogens with zero attached hydrogens (tertiary/aromatic N) is 2. The van der Waals surface area contributed by atoms with Crippen LogP contribution in [0.5, 0.6) is 0 Å². The monoisotopic (exact) mass is 337 g/mol. The van der Waals surface area contributed by atoms with Crippen LogP contribution in [0.15, 0.2) is 24.3 Å². The van der Waals surface area contributed by atoms with E-state index >= 15 is 0 Å². The number of nitrogens with one attached hydrogen (secondary N) is 1. The van der Waals surface area contributed by atoms with Crippen molar-refractivity contribution < 1.29 is 13.5 Å². The molecule has 7 heteroatoms. The van der Waals surface area contributed by atoms with Gasteiger partial charge in [-0.2, -0.15) is 5.10 Å². The highest BCUT2D eigenvalue weighted by Gasteiger charge is 2.34. The Bertz CT molecular complexity index is 784. The minimum absolute atomic E-state index is 0.0680. The summed E-state index contributed by atoms with van der Waals surface area (Å²) >= 11 is 0. The van der Waals surface area contributed by atoms with E-state index in [1.165, 1.54) is 0 Å². The highest BCUT2D eigenvalue weighted by Crippen LogP contribution is 2.23. The first-order chi connectivity index (χ1) is 10.9. The molecule has 126 valence electrons. The maximum absolute atomic E-state index is 11.5. The minimum atomic E-state index is -2.96. The van der Waals surface area contributed by atoms with Crippen LogP contribution in [-0.2, 0) is 22.9 Å². The van der Waals surface area contributed by atoms with Crippen molar-refractivity contribution in [1.29, 1.82) is 0 Å². The highest BCUT2D eigenvalue weighted by molar-refractivity contribution is 7.91. The number of fused-ring (bicyclic) bond motifs is 1. The Balaban J connectivity index is 1.65. The molecule has 1 fully saturated rings. The van der Waals surface area contributed by atoms with Gasteiger partial charge in [0.1, 0.15) is 0 Å². The quantitative estimate of drug-likeness (QED) is 0.853. The zero-order valence-electron chi connectivity index (χ0n) is 13.3. The number of hydrogen-bond donors (Lipinski definition) is 2. The van der Waals surface area contributed by atoms with Gasteiger partial charge in [0.15, 0.2) is 9.84 Å². The summed E-state index contributed by atoms with van der Waals surface area (Å²) in [6.45, 7) is 3.81. The predicted molar refractivity (Wildman–Crippen MR) is 90.0 cm³/mol. The van der Waals surface area contributed by atoms with E-state index in [0.717, 1.165) is 23.1 Å². The fourth-order valence-corrected chi connectivity index (χ4v) is 4.66. The van der Waals surface area contributed by atoms with Gasteiger partial charge in [0.05, 0.1) is 28.3 Å². The zero-order valence-corrected chi connectivity index (χ0v) is 14.1. The average molecular weight is 337 g/mol. The van der Waals surface area contributed by atoms with E-state index in [-0.39, 0.29) is 11.5 Å². The van der Waals surface area contributed by atoms with Gasteiger partial charge in [-0.15, -0.1) is 0 Å². The Morgan fingerprint density at radius 3 is 2.70 bits per heavy atom. The van der Waals surface area contributed by atoms with E-state index in [2.05, 4.69) is 23.4 Å². The lowest BCUT2D eigenvalue weighted by Gasteiger charge is -2.32. The van der Waals surface area contributed by atoms with Crippen LogP contribution >= 0.6 is 0 Å². The molecule has 0 atom stereocenters. The molecule has 23 heavy (non-hydrogen) atoms. The fraction of sp³-hybridized carbons (Fsp3) is 0.562. The van der Waals surface area contributed by atoms with Gasteiger partial charge in [0, 0.05) is 25.0 Å². The second kappa shape index (κ2) is 6.22. The van der Waals surface area contributed by atoms with E-state index in [1.807, 2.05) is 22.9 Å². The molecule has 1 aliphatic heterocycles. The Kier molecular flexibility index (Phi) is 4.44. The Hall–Kier alpha value is -1.44. The first-order valence-electron chi connectivity index (χ1n) is 8.00. The van der Waals surface area contributed by atoms with Gasteiger partial charge in [-0.05, 0) is 25.8 Å². The molecule has 0 spiro atoms. The van der Waals surface area contributed by atoms with Gasteiger partial charge in [0.25, 0.3) is 0 Å². The average Bonchev–Trinajstić information content (AvgIpc) is 2.89. The van der Waals surface area contributed by atoms with E-state index < -0.39 is 15.4 Å². The summed E-state index contributed by atoms with van der Waals surface area (Å²) in [7, 11) is -2.96. The van der Waals surface area contributed by atoms with Crippen LogP contribution in [0.3, 0.4) is 0 Å². The summed E-state index contributed by atoms with van der Waals surface area (Å²) in [5.41, 5.74) is 1.12. The SMILES string of the molecule is CCn1nc(CNCC2(O)CCS(=O)(=O)CC2)c2ccccc21. The van der Waals surface area contributed by atoms with Gasteiger partial charge in [-0.25, -0.2) is 8.42 Å². The number of aromatic nitrogens is 2. The third-order valence-corrected chi connectivity index (χ3v) is 6.19. The van der Waals surface area contributed by atoms with Gasteiger partial charge < -0.3 is 10.4 Å². The summed E-state index contributed by atoms with van der Waals surface area (Å²) in [5.74, 6) is 0.136. The van der Waals surface area contributed by atoms with Gasteiger partial charge in [-0.1, -0.05) is 18.2 Å². The smallest absolute Gasteiger partial charge is 0.150 e. The van der Waals surface area contributed by atoms with Crippen LogP contribution in [0.1, 0.15) is 25.5 Å².